The van der Waals surface area contributed by atoms with E-state index in [0.29, 0.717) is 19.7 Å². The van der Waals surface area contributed by atoms with Gasteiger partial charge in [-0.15, -0.1) is 0 Å². The molecule has 0 atom stereocenters. The highest BCUT2D eigenvalue weighted by molar-refractivity contribution is 5.78. The molecule has 0 spiro atoms. The van der Waals surface area contributed by atoms with E-state index in [1.165, 1.54) is 0 Å². The summed E-state index contributed by atoms with van der Waals surface area (Å²) in [5, 5.41) is 5.81. The third-order valence-corrected chi connectivity index (χ3v) is 2.72. The molecule has 0 aromatic heterocycles. The first-order valence-electron chi connectivity index (χ1n) is 6.15. The van der Waals surface area contributed by atoms with Crippen LogP contribution in [-0.2, 0) is 16.1 Å². The van der Waals surface area contributed by atoms with Gasteiger partial charge < -0.3 is 24.8 Å². The molecule has 1 amide bonds. The summed E-state index contributed by atoms with van der Waals surface area (Å²) in [5.41, 5.74) is 0.917. The Balaban J connectivity index is 1.76. The minimum atomic E-state index is -0.0624. The van der Waals surface area contributed by atoms with E-state index in [0.717, 1.165) is 17.1 Å². The molecule has 0 saturated carbocycles. The van der Waals surface area contributed by atoms with Crippen molar-refractivity contribution >= 4 is 5.91 Å². The van der Waals surface area contributed by atoms with E-state index >= 15 is 0 Å². The molecule has 6 heteroatoms. The van der Waals surface area contributed by atoms with E-state index in [9.17, 15) is 4.79 Å². The second kappa shape index (κ2) is 6.96. The SMILES string of the molecule is COCCNCC(=O)NCc1cccc2c1OCO2. The van der Waals surface area contributed by atoms with Gasteiger partial charge in [0.05, 0.1) is 13.2 Å². The first-order valence-corrected chi connectivity index (χ1v) is 6.15. The Morgan fingerprint density at radius 2 is 2.32 bits per heavy atom. The van der Waals surface area contributed by atoms with Crippen molar-refractivity contribution < 1.29 is 19.0 Å². The number of hydrogen-bond acceptors (Lipinski definition) is 5. The molecule has 19 heavy (non-hydrogen) atoms. The third-order valence-electron chi connectivity index (χ3n) is 2.72. The zero-order valence-corrected chi connectivity index (χ0v) is 10.9. The van der Waals surface area contributed by atoms with Gasteiger partial charge in [-0.1, -0.05) is 12.1 Å². The van der Waals surface area contributed by atoms with Crippen LogP contribution < -0.4 is 20.1 Å². The molecule has 2 N–H and O–H groups in total. The average Bonchev–Trinajstić information content (AvgIpc) is 2.90. The van der Waals surface area contributed by atoms with Gasteiger partial charge in [0.25, 0.3) is 0 Å². The summed E-state index contributed by atoms with van der Waals surface area (Å²) in [6, 6.07) is 5.64. The molecule has 0 unspecified atom stereocenters. The van der Waals surface area contributed by atoms with E-state index in [1.807, 2.05) is 18.2 Å². The molecule has 0 bridgehead atoms. The predicted octanol–water partition coefficient (Wildman–Crippen LogP) is 0.268. The summed E-state index contributed by atoms with van der Waals surface area (Å²) in [6.07, 6.45) is 0. The third kappa shape index (κ3) is 3.84. The molecule has 0 saturated heterocycles. The second-order valence-corrected chi connectivity index (χ2v) is 4.10. The average molecular weight is 266 g/mol. The number of methoxy groups -OCH3 is 1. The lowest BCUT2D eigenvalue weighted by Gasteiger charge is -2.08. The largest absolute Gasteiger partial charge is 0.454 e. The van der Waals surface area contributed by atoms with E-state index in [2.05, 4.69) is 10.6 Å². The molecule has 1 aromatic rings. The Labute approximate surface area is 112 Å². The highest BCUT2D eigenvalue weighted by Crippen LogP contribution is 2.35. The number of benzene rings is 1. The molecule has 1 heterocycles. The summed E-state index contributed by atoms with van der Waals surface area (Å²) in [6.45, 7) is 2.18. The second-order valence-electron chi connectivity index (χ2n) is 4.10. The van der Waals surface area contributed by atoms with Crippen LogP contribution in [0.3, 0.4) is 0 Å². The Morgan fingerprint density at radius 1 is 1.42 bits per heavy atom. The first-order chi connectivity index (χ1) is 9.31. The van der Waals surface area contributed by atoms with Crippen molar-refractivity contribution in [3.05, 3.63) is 23.8 Å². The normalized spacial score (nSPS) is 12.5. The fourth-order valence-electron chi connectivity index (χ4n) is 1.76. The van der Waals surface area contributed by atoms with Gasteiger partial charge in [-0.25, -0.2) is 0 Å². The van der Waals surface area contributed by atoms with Crippen LogP contribution >= 0.6 is 0 Å². The van der Waals surface area contributed by atoms with Crippen LogP contribution in [0.25, 0.3) is 0 Å². The molecule has 1 aliphatic rings. The van der Waals surface area contributed by atoms with Gasteiger partial charge in [0.15, 0.2) is 11.5 Å². The minimum absolute atomic E-state index is 0.0624. The minimum Gasteiger partial charge on any atom is -0.454 e. The van der Waals surface area contributed by atoms with Gasteiger partial charge in [-0.05, 0) is 6.07 Å². The number of carbonyl (C=O) groups excluding carboxylic acids is 1. The number of rotatable bonds is 7. The molecule has 6 nitrogen and oxygen atoms in total. The van der Waals surface area contributed by atoms with Crippen molar-refractivity contribution in [2.24, 2.45) is 0 Å². The topological polar surface area (TPSA) is 68.8 Å². The van der Waals surface area contributed by atoms with Gasteiger partial charge in [0.1, 0.15) is 0 Å². The number of hydrogen-bond donors (Lipinski definition) is 2. The number of nitrogens with one attached hydrogen (secondary N) is 2. The van der Waals surface area contributed by atoms with E-state index in [4.69, 9.17) is 14.2 Å². The van der Waals surface area contributed by atoms with Crippen molar-refractivity contribution in [2.75, 3.05) is 33.6 Å². The summed E-state index contributed by atoms with van der Waals surface area (Å²) in [7, 11) is 1.62. The van der Waals surface area contributed by atoms with Gasteiger partial charge in [0.2, 0.25) is 12.7 Å². The van der Waals surface area contributed by atoms with Crippen LogP contribution in [0.1, 0.15) is 5.56 Å². The molecule has 0 aliphatic carbocycles. The fraction of sp³-hybridized carbons (Fsp3) is 0.462. The Bertz CT molecular complexity index is 437. The van der Waals surface area contributed by atoms with Crippen molar-refractivity contribution in [1.82, 2.24) is 10.6 Å². The molecule has 0 fully saturated rings. The maximum atomic E-state index is 11.6. The molecular weight excluding hydrogens is 248 g/mol. The molecule has 104 valence electrons. The van der Waals surface area contributed by atoms with Crippen molar-refractivity contribution in [2.45, 2.75) is 6.54 Å². The lowest BCUT2D eigenvalue weighted by Crippen LogP contribution is -2.34. The lowest BCUT2D eigenvalue weighted by atomic mass is 10.2. The van der Waals surface area contributed by atoms with Crippen LogP contribution in [0.4, 0.5) is 0 Å². The van der Waals surface area contributed by atoms with Gasteiger partial charge in [-0.3, -0.25) is 4.79 Å². The Kier molecular flexibility index (Phi) is 5.00. The molecular formula is C13H18N2O4. The summed E-state index contributed by atoms with van der Waals surface area (Å²) < 4.78 is 15.5. The summed E-state index contributed by atoms with van der Waals surface area (Å²) in [4.78, 5) is 11.6. The smallest absolute Gasteiger partial charge is 0.234 e. The molecule has 1 aliphatic heterocycles. The number of ether oxygens (including phenoxy) is 3. The van der Waals surface area contributed by atoms with Gasteiger partial charge in [0, 0.05) is 25.8 Å². The van der Waals surface area contributed by atoms with Crippen molar-refractivity contribution in [3.8, 4) is 11.5 Å². The zero-order valence-electron chi connectivity index (χ0n) is 10.9. The zero-order chi connectivity index (χ0) is 13.5. The number of amides is 1. The monoisotopic (exact) mass is 266 g/mol. The number of fused-ring (bicyclic) bond motifs is 1. The molecule has 2 rings (SSSR count). The summed E-state index contributed by atoms with van der Waals surface area (Å²) >= 11 is 0. The number of carbonyl (C=O) groups is 1. The Morgan fingerprint density at radius 3 is 3.16 bits per heavy atom. The predicted molar refractivity (Wildman–Crippen MR) is 69.2 cm³/mol. The molecule has 1 aromatic carbocycles. The van der Waals surface area contributed by atoms with Crippen molar-refractivity contribution in [3.63, 3.8) is 0 Å². The maximum Gasteiger partial charge on any atom is 0.234 e. The summed E-state index contributed by atoms with van der Waals surface area (Å²) in [5.74, 6) is 1.38. The van der Waals surface area contributed by atoms with Gasteiger partial charge in [-0.2, -0.15) is 0 Å². The first kappa shape index (κ1) is 13.6. The van der Waals surface area contributed by atoms with Crippen LogP contribution in [0.2, 0.25) is 0 Å². The fourth-order valence-corrected chi connectivity index (χ4v) is 1.76. The maximum absolute atomic E-state index is 11.6. The van der Waals surface area contributed by atoms with E-state index in [-0.39, 0.29) is 19.2 Å². The highest BCUT2D eigenvalue weighted by Gasteiger charge is 2.17. The lowest BCUT2D eigenvalue weighted by molar-refractivity contribution is -0.120. The van der Waals surface area contributed by atoms with E-state index < -0.39 is 0 Å². The molecule has 0 radical (unpaired) electrons. The van der Waals surface area contributed by atoms with Crippen molar-refractivity contribution in [1.29, 1.82) is 0 Å². The quantitative estimate of drug-likeness (QED) is 0.693. The van der Waals surface area contributed by atoms with Gasteiger partial charge >= 0.3 is 0 Å². The van der Waals surface area contributed by atoms with Crippen LogP contribution in [0, 0.1) is 0 Å². The number of para-hydroxylation sites is 1. The highest BCUT2D eigenvalue weighted by atomic mass is 16.7. The van der Waals surface area contributed by atoms with Crippen LogP contribution in [0.15, 0.2) is 18.2 Å². The van der Waals surface area contributed by atoms with Crippen LogP contribution in [-0.4, -0.2) is 39.5 Å². The standard InChI is InChI=1S/C13H18N2O4/c1-17-6-5-14-8-12(16)15-7-10-3-2-4-11-13(10)19-9-18-11/h2-4,14H,5-9H2,1H3,(H,15,16). The van der Waals surface area contributed by atoms with E-state index in [1.54, 1.807) is 7.11 Å². The van der Waals surface area contributed by atoms with Crippen LogP contribution in [0.5, 0.6) is 11.5 Å². The Hall–Kier alpha value is -1.79.